The van der Waals surface area contributed by atoms with Gasteiger partial charge in [-0.2, -0.15) is 0 Å². The summed E-state index contributed by atoms with van der Waals surface area (Å²) in [6.07, 6.45) is 7.39. The van der Waals surface area contributed by atoms with Crippen molar-refractivity contribution in [3.63, 3.8) is 0 Å². The third-order valence-electron chi connectivity index (χ3n) is 4.68. The van der Waals surface area contributed by atoms with Crippen LogP contribution in [0.5, 0.6) is 0 Å². The summed E-state index contributed by atoms with van der Waals surface area (Å²) in [4.78, 5) is 26.7. The predicted octanol–water partition coefficient (Wildman–Crippen LogP) is 3.28. The Hall–Kier alpha value is -1.14. The normalized spacial score (nSPS) is 17.1. The van der Waals surface area contributed by atoms with Gasteiger partial charge in [-0.1, -0.05) is 6.42 Å². The van der Waals surface area contributed by atoms with Gasteiger partial charge >= 0.3 is 0 Å². The molecular formula is C21H40N2O4. The first kappa shape index (κ1) is 23.9. The molecule has 1 heterocycles. The van der Waals surface area contributed by atoms with E-state index < -0.39 is 0 Å². The maximum Gasteiger partial charge on any atom is 0.242 e. The zero-order valence-electron chi connectivity index (χ0n) is 17.8. The van der Waals surface area contributed by atoms with Crippen molar-refractivity contribution < 1.29 is 19.1 Å². The molecule has 1 aliphatic heterocycles. The minimum absolute atomic E-state index is 0.00374. The third kappa shape index (κ3) is 10.7. The summed E-state index contributed by atoms with van der Waals surface area (Å²) in [5, 5.41) is 2.99. The molecule has 2 amide bonds. The van der Waals surface area contributed by atoms with Crippen LogP contribution in [0.15, 0.2) is 0 Å². The smallest absolute Gasteiger partial charge is 0.242 e. The number of nitrogens with zero attached hydrogens (tertiary/aromatic N) is 1. The van der Waals surface area contributed by atoms with Crippen molar-refractivity contribution in [1.82, 2.24) is 10.2 Å². The second kappa shape index (κ2) is 13.9. The number of carbonyl (C=O) groups is 2. The Morgan fingerprint density at radius 2 is 1.59 bits per heavy atom. The molecule has 1 atom stereocenters. The van der Waals surface area contributed by atoms with Gasteiger partial charge in [-0.25, -0.2) is 0 Å². The van der Waals surface area contributed by atoms with Crippen LogP contribution < -0.4 is 5.32 Å². The van der Waals surface area contributed by atoms with Crippen LogP contribution in [0.2, 0.25) is 0 Å². The van der Waals surface area contributed by atoms with E-state index in [4.69, 9.17) is 9.47 Å². The summed E-state index contributed by atoms with van der Waals surface area (Å²) in [6, 6.07) is -0.284. The summed E-state index contributed by atoms with van der Waals surface area (Å²) < 4.78 is 11.0. The summed E-state index contributed by atoms with van der Waals surface area (Å²) in [7, 11) is 0. The number of unbranched alkanes of at least 4 members (excludes halogenated alkanes) is 3. The highest BCUT2D eigenvalue weighted by Crippen LogP contribution is 2.19. The zero-order valence-corrected chi connectivity index (χ0v) is 17.8. The molecule has 1 saturated heterocycles. The lowest BCUT2D eigenvalue weighted by molar-refractivity contribution is -0.138. The number of carbonyl (C=O) groups excluding carboxylic acids is 2. The second-order valence-corrected chi connectivity index (χ2v) is 7.89. The Kier molecular flexibility index (Phi) is 12.3. The van der Waals surface area contributed by atoms with Gasteiger partial charge in [-0.3, -0.25) is 9.59 Å². The number of nitrogens with one attached hydrogen (secondary N) is 1. The fourth-order valence-electron chi connectivity index (χ4n) is 3.23. The van der Waals surface area contributed by atoms with E-state index in [9.17, 15) is 9.59 Å². The highest BCUT2D eigenvalue weighted by molar-refractivity contribution is 5.88. The first-order valence-electron chi connectivity index (χ1n) is 10.7. The molecule has 6 heteroatoms. The Morgan fingerprint density at radius 3 is 2.22 bits per heavy atom. The average Bonchev–Trinajstić information content (AvgIpc) is 3.10. The van der Waals surface area contributed by atoms with Crippen LogP contribution in [-0.2, 0) is 19.1 Å². The van der Waals surface area contributed by atoms with Gasteiger partial charge in [0.1, 0.15) is 6.04 Å². The molecule has 1 aliphatic rings. The van der Waals surface area contributed by atoms with Crippen molar-refractivity contribution in [2.24, 2.45) is 0 Å². The minimum Gasteiger partial charge on any atom is -0.379 e. The molecule has 0 aromatic carbocycles. The van der Waals surface area contributed by atoms with E-state index in [1.807, 2.05) is 27.7 Å². The van der Waals surface area contributed by atoms with E-state index in [0.29, 0.717) is 19.5 Å². The molecule has 6 nitrogen and oxygen atoms in total. The number of ether oxygens (including phenoxy) is 2. The van der Waals surface area contributed by atoms with E-state index in [0.717, 1.165) is 58.2 Å². The number of hydrogen-bond acceptors (Lipinski definition) is 4. The Bertz CT molecular complexity index is 388. The van der Waals surface area contributed by atoms with E-state index in [1.54, 1.807) is 4.90 Å². The SMILES string of the molecule is CC(C)OCCCCCC(=O)N1CCCC1C(=O)NCCCCOC(C)C. The quantitative estimate of drug-likeness (QED) is 0.467. The Balaban J connectivity index is 2.19. The van der Waals surface area contributed by atoms with Crippen molar-refractivity contribution in [2.75, 3.05) is 26.3 Å². The lowest BCUT2D eigenvalue weighted by atomic mass is 10.1. The third-order valence-corrected chi connectivity index (χ3v) is 4.68. The molecule has 1 unspecified atom stereocenters. The molecule has 0 spiro atoms. The van der Waals surface area contributed by atoms with Crippen LogP contribution in [-0.4, -0.2) is 61.3 Å². The molecule has 0 aliphatic carbocycles. The molecule has 0 aromatic rings. The Labute approximate surface area is 165 Å². The topological polar surface area (TPSA) is 67.9 Å². The molecule has 1 N–H and O–H groups in total. The van der Waals surface area contributed by atoms with Crippen molar-refractivity contribution in [1.29, 1.82) is 0 Å². The van der Waals surface area contributed by atoms with Crippen molar-refractivity contribution in [3.05, 3.63) is 0 Å². The first-order valence-corrected chi connectivity index (χ1v) is 10.7. The maximum absolute atomic E-state index is 12.5. The van der Waals surface area contributed by atoms with Crippen molar-refractivity contribution in [3.8, 4) is 0 Å². The number of likely N-dealkylation sites (tertiary alicyclic amines) is 1. The summed E-state index contributed by atoms with van der Waals surface area (Å²) in [5.41, 5.74) is 0. The number of rotatable bonds is 14. The molecule has 0 saturated carbocycles. The van der Waals surface area contributed by atoms with Crippen LogP contribution in [0.3, 0.4) is 0 Å². The highest BCUT2D eigenvalue weighted by atomic mass is 16.5. The average molecular weight is 385 g/mol. The van der Waals surface area contributed by atoms with E-state index in [2.05, 4.69) is 5.32 Å². The molecule has 0 bridgehead atoms. The molecule has 1 rings (SSSR count). The zero-order chi connectivity index (χ0) is 20.1. The molecule has 1 fully saturated rings. The van der Waals surface area contributed by atoms with Gasteiger partial charge in [0.05, 0.1) is 12.2 Å². The van der Waals surface area contributed by atoms with Crippen LogP contribution in [0.4, 0.5) is 0 Å². The number of amides is 2. The fourth-order valence-corrected chi connectivity index (χ4v) is 3.23. The van der Waals surface area contributed by atoms with Crippen LogP contribution in [0.25, 0.3) is 0 Å². The first-order chi connectivity index (χ1) is 12.9. The van der Waals surface area contributed by atoms with Gasteiger partial charge in [0, 0.05) is 32.7 Å². The second-order valence-electron chi connectivity index (χ2n) is 7.89. The lowest BCUT2D eigenvalue weighted by Gasteiger charge is -2.24. The number of hydrogen-bond donors (Lipinski definition) is 1. The predicted molar refractivity (Wildman–Crippen MR) is 108 cm³/mol. The van der Waals surface area contributed by atoms with E-state index in [1.165, 1.54) is 0 Å². The van der Waals surface area contributed by atoms with Crippen LogP contribution >= 0.6 is 0 Å². The fraction of sp³-hybridized carbons (Fsp3) is 0.905. The van der Waals surface area contributed by atoms with Gasteiger partial charge in [-0.15, -0.1) is 0 Å². The lowest BCUT2D eigenvalue weighted by Crippen LogP contribution is -2.46. The van der Waals surface area contributed by atoms with Gasteiger partial charge in [0.25, 0.3) is 0 Å². The highest BCUT2D eigenvalue weighted by Gasteiger charge is 2.33. The molecule has 158 valence electrons. The van der Waals surface area contributed by atoms with Crippen LogP contribution in [0.1, 0.15) is 79.1 Å². The minimum atomic E-state index is -0.284. The maximum atomic E-state index is 12.5. The molecule has 27 heavy (non-hydrogen) atoms. The molecule has 0 aromatic heterocycles. The van der Waals surface area contributed by atoms with E-state index in [-0.39, 0.29) is 30.1 Å². The molecular weight excluding hydrogens is 344 g/mol. The van der Waals surface area contributed by atoms with Crippen molar-refractivity contribution >= 4 is 11.8 Å². The summed E-state index contributed by atoms with van der Waals surface area (Å²) in [5.74, 6) is 0.110. The molecule has 0 radical (unpaired) electrons. The van der Waals surface area contributed by atoms with Gasteiger partial charge in [-0.05, 0) is 66.2 Å². The van der Waals surface area contributed by atoms with Gasteiger partial charge in [0.15, 0.2) is 0 Å². The largest absolute Gasteiger partial charge is 0.379 e. The van der Waals surface area contributed by atoms with Gasteiger partial charge in [0.2, 0.25) is 11.8 Å². The van der Waals surface area contributed by atoms with Crippen LogP contribution in [0, 0.1) is 0 Å². The summed E-state index contributed by atoms with van der Waals surface area (Å²) >= 11 is 0. The monoisotopic (exact) mass is 384 g/mol. The standard InChI is InChI=1S/C21H40N2O4/c1-17(2)26-15-8-5-6-12-20(24)23-14-10-11-19(23)21(25)22-13-7-9-16-27-18(3)4/h17-19H,5-16H2,1-4H3,(H,22,25). The summed E-state index contributed by atoms with van der Waals surface area (Å²) in [6.45, 7) is 10.9. The Morgan fingerprint density at radius 1 is 0.963 bits per heavy atom. The van der Waals surface area contributed by atoms with Crippen molar-refractivity contribution in [2.45, 2.75) is 97.3 Å². The van der Waals surface area contributed by atoms with Gasteiger partial charge < -0.3 is 19.7 Å². The van der Waals surface area contributed by atoms with E-state index >= 15 is 0 Å².